The number of para-hydroxylation sites is 1. The molecule has 0 bridgehead atoms. The number of aromatic nitrogens is 1. The number of aryl methyl sites for hydroxylation is 2. The normalized spacial score (nSPS) is 13.4. The molecule has 4 N–H and O–H groups in total. The minimum atomic E-state index is -4.37. The lowest BCUT2D eigenvalue weighted by atomic mass is 10.1. The maximum absolute atomic E-state index is 13.2. The number of ether oxygens (including phenoxy) is 2. The molecule has 0 aliphatic carbocycles. The summed E-state index contributed by atoms with van der Waals surface area (Å²) in [5.74, 6) is 0.0777. The van der Waals surface area contributed by atoms with Crippen molar-refractivity contribution in [3.8, 4) is 11.5 Å². The molecule has 0 unspecified atom stereocenters. The van der Waals surface area contributed by atoms with Crippen LogP contribution in [0.1, 0.15) is 40.6 Å². The second-order valence-corrected chi connectivity index (χ2v) is 9.97. The summed E-state index contributed by atoms with van der Waals surface area (Å²) in [4.78, 5) is 16.6. The molecule has 0 aliphatic heterocycles. The summed E-state index contributed by atoms with van der Waals surface area (Å²) in [6, 6.07) is 11.2. The van der Waals surface area contributed by atoms with E-state index in [9.17, 15) is 18.3 Å². The summed E-state index contributed by atoms with van der Waals surface area (Å²) in [6.07, 6.45) is 0.0623. The minimum Gasteiger partial charge on any atom is -0.494 e. The molecular weight excluding hydrogens is 502 g/mol. The molecule has 0 spiro atoms. The summed E-state index contributed by atoms with van der Waals surface area (Å²) < 4.78 is 46.2. The molecule has 0 fully saturated rings. The van der Waals surface area contributed by atoms with Crippen LogP contribution in [0, 0.1) is 13.8 Å². The third kappa shape index (κ3) is 6.77. The Labute approximate surface area is 214 Å². The van der Waals surface area contributed by atoms with Gasteiger partial charge in [-0.1, -0.05) is 12.1 Å². The van der Waals surface area contributed by atoms with Gasteiger partial charge in [-0.25, -0.2) is 8.42 Å². The Morgan fingerprint density at radius 3 is 2.27 bits per heavy atom. The van der Waals surface area contributed by atoms with E-state index in [4.69, 9.17) is 13.9 Å². The summed E-state index contributed by atoms with van der Waals surface area (Å²) in [5.41, 5.74) is 6.08. The number of nitrogens with zero attached hydrogens (tertiary/aromatic N) is 2. The van der Waals surface area contributed by atoms with Gasteiger partial charge in [-0.2, -0.15) is 0 Å². The molecule has 2 atom stereocenters. The molecule has 3 aromatic rings. The molecule has 37 heavy (non-hydrogen) atoms. The lowest BCUT2D eigenvalue weighted by Gasteiger charge is -2.20. The Hall–Kier alpha value is -4.10. The summed E-state index contributed by atoms with van der Waals surface area (Å²) in [7, 11) is -1.52. The van der Waals surface area contributed by atoms with Gasteiger partial charge in [0.1, 0.15) is 34.3 Å². The number of nitrogens with one attached hydrogen (secondary N) is 3. The van der Waals surface area contributed by atoms with Crippen LogP contribution < -0.4 is 25.6 Å². The fraction of sp³-hybridized carbons (Fsp3) is 0.292. The molecule has 0 radical (unpaired) electrons. The molecule has 0 aliphatic rings. The van der Waals surface area contributed by atoms with Crippen molar-refractivity contribution in [3.05, 3.63) is 71.4 Å². The van der Waals surface area contributed by atoms with Crippen LogP contribution in [0.3, 0.4) is 0 Å². The number of sulfonamides is 1. The number of benzene rings is 1. The molecule has 1 amide bonds. The predicted octanol–water partition coefficient (Wildman–Crippen LogP) is 2.46. The SMILES string of the molecule is COc1cccc(OC)c1N/C(=N/S(=O)(=O)[C@H](C)[C@@H](O)c1ccc(C)cn1)NNC(=O)c1ccc(C)o1. The lowest BCUT2D eigenvalue weighted by Crippen LogP contribution is -2.45. The monoisotopic (exact) mass is 531 g/mol. The van der Waals surface area contributed by atoms with Gasteiger partial charge in [0.2, 0.25) is 5.96 Å². The first-order chi connectivity index (χ1) is 17.6. The Morgan fingerprint density at radius 2 is 1.73 bits per heavy atom. The van der Waals surface area contributed by atoms with Crippen LogP contribution in [-0.2, 0) is 10.0 Å². The van der Waals surface area contributed by atoms with Gasteiger partial charge < -0.3 is 24.3 Å². The van der Waals surface area contributed by atoms with Gasteiger partial charge in [0, 0.05) is 6.20 Å². The van der Waals surface area contributed by atoms with Gasteiger partial charge in [0.25, 0.3) is 10.0 Å². The zero-order chi connectivity index (χ0) is 27.2. The van der Waals surface area contributed by atoms with E-state index in [-0.39, 0.29) is 17.1 Å². The molecule has 198 valence electrons. The maximum Gasteiger partial charge on any atom is 0.305 e. The number of hydrogen-bond donors (Lipinski definition) is 4. The standard InChI is InChI=1S/C24H29N5O7S/c1-14-9-11-17(25-13-14)22(30)16(3)37(32,33)29-24(28-27-23(31)20-12-10-15(2)36-20)26-21-18(34-4)7-6-8-19(21)35-5/h6-13,16,22,30H,1-5H3,(H,27,31)(H2,26,28,29)/t16-,22-/m1/s1. The zero-order valence-corrected chi connectivity index (χ0v) is 21.8. The fourth-order valence-corrected chi connectivity index (χ4v) is 4.15. The van der Waals surface area contributed by atoms with E-state index in [1.54, 1.807) is 43.3 Å². The van der Waals surface area contributed by atoms with Gasteiger partial charge in [-0.05, 0) is 56.7 Å². The second-order valence-electron chi connectivity index (χ2n) is 8.02. The molecule has 13 heteroatoms. The van der Waals surface area contributed by atoms with Crippen molar-refractivity contribution in [2.75, 3.05) is 19.5 Å². The van der Waals surface area contributed by atoms with Gasteiger partial charge in [0.15, 0.2) is 5.76 Å². The van der Waals surface area contributed by atoms with Crippen molar-refractivity contribution in [1.29, 1.82) is 0 Å². The van der Waals surface area contributed by atoms with E-state index in [1.165, 1.54) is 33.4 Å². The number of hydrazine groups is 1. The van der Waals surface area contributed by atoms with Crippen molar-refractivity contribution in [2.45, 2.75) is 32.1 Å². The van der Waals surface area contributed by atoms with Crippen molar-refractivity contribution in [1.82, 2.24) is 15.8 Å². The highest BCUT2D eigenvalue weighted by Crippen LogP contribution is 2.34. The van der Waals surface area contributed by atoms with Gasteiger partial charge in [-0.3, -0.25) is 20.6 Å². The molecule has 12 nitrogen and oxygen atoms in total. The third-order valence-electron chi connectivity index (χ3n) is 5.30. The van der Waals surface area contributed by atoms with Crippen LogP contribution in [0.15, 0.2) is 57.5 Å². The molecular formula is C24H29N5O7S. The molecule has 1 aromatic carbocycles. The third-order valence-corrected chi connectivity index (χ3v) is 6.93. The number of hydrogen-bond acceptors (Lipinski definition) is 8. The quantitative estimate of drug-likeness (QED) is 0.193. The van der Waals surface area contributed by atoms with Crippen LogP contribution in [-0.4, -0.2) is 49.8 Å². The number of guanidine groups is 1. The van der Waals surface area contributed by atoms with Gasteiger partial charge in [-0.15, -0.1) is 4.40 Å². The van der Waals surface area contributed by atoms with Crippen LogP contribution >= 0.6 is 0 Å². The van der Waals surface area contributed by atoms with Crippen LogP contribution in [0.4, 0.5) is 5.69 Å². The highest BCUT2D eigenvalue weighted by Gasteiger charge is 2.31. The van der Waals surface area contributed by atoms with Crippen molar-refractivity contribution in [2.24, 2.45) is 4.40 Å². The van der Waals surface area contributed by atoms with Crippen molar-refractivity contribution in [3.63, 3.8) is 0 Å². The zero-order valence-electron chi connectivity index (χ0n) is 21.0. The van der Waals surface area contributed by atoms with E-state index >= 15 is 0 Å². The summed E-state index contributed by atoms with van der Waals surface area (Å²) in [6.45, 7) is 4.80. The molecule has 0 saturated heterocycles. The number of carbonyl (C=O) groups is 1. The maximum atomic E-state index is 13.2. The van der Waals surface area contributed by atoms with E-state index in [1.807, 2.05) is 6.92 Å². The highest BCUT2D eigenvalue weighted by atomic mass is 32.2. The molecule has 3 rings (SSSR count). The number of aliphatic hydroxyl groups is 1. The van der Waals surface area contributed by atoms with Crippen molar-refractivity contribution < 1.29 is 32.2 Å². The summed E-state index contributed by atoms with van der Waals surface area (Å²) >= 11 is 0. The smallest absolute Gasteiger partial charge is 0.305 e. The van der Waals surface area contributed by atoms with E-state index in [0.29, 0.717) is 17.3 Å². The molecule has 2 heterocycles. The first-order valence-corrected chi connectivity index (χ1v) is 12.6. The fourth-order valence-electron chi connectivity index (χ4n) is 3.17. The van der Waals surface area contributed by atoms with Gasteiger partial charge in [0.05, 0.1) is 19.9 Å². The average molecular weight is 532 g/mol. The number of rotatable bonds is 8. The Bertz CT molecular complexity index is 1350. The van der Waals surface area contributed by atoms with Gasteiger partial charge >= 0.3 is 5.91 Å². The van der Waals surface area contributed by atoms with Crippen LogP contribution in [0.5, 0.6) is 11.5 Å². The highest BCUT2D eigenvalue weighted by molar-refractivity contribution is 7.90. The van der Waals surface area contributed by atoms with E-state index in [2.05, 4.69) is 25.6 Å². The van der Waals surface area contributed by atoms with Crippen LogP contribution in [0.25, 0.3) is 0 Å². The number of furan rings is 1. The first-order valence-electron chi connectivity index (χ1n) is 11.1. The predicted molar refractivity (Wildman–Crippen MR) is 137 cm³/mol. The largest absolute Gasteiger partial charge is 0.494 e. The number of amides is 1. The Kier molecular flexibility index (Phi) is 8.73. The number of pyridine rings is 1. The molecule has 2 aromatic heterocycles. The lowest BCUT2D eigenvalue weighted by molar-refractivity contribution is 0.0914. The first kappa shape index (κ1) is 27.5. The van der Waals surface area contributed by atoms with E-state index < -0.39 is 33.2 Å². The molecule has 0 saturated carbocycles. The van der Waals surface area contributed by atoms with Crippen LogP contribution in [0.2, 0.25) is 0 Å². The second kappa shape index (κ2) is 11.8. The number of anilines is 1. The van der Waals surface area contributed by atoms with Crippen molar-refractivity contribution >= 4 is 27.6 Å². The topological polar surface area (TPSA) is 164 Å². The minimum absolute atomic E-state index is 0.00341. The summed E-state index contributed by atoms with van der Waals surface area (Å²) in [5, 5.41) is 12.1. The average Bonchev–Trinajstić information content (AvgIpc) is 3.32. The number of aliphatic hydroxyl groups excluding tert-OH is 1. The number of carbonyl (C=O) groups excluding carboxylic acids is 1. The Balaban J connectivity index is 1.94. The van der Waals surface area contributed by atoms with E-state index in [0.717, 1.165) is 5.56 Å². The Morgan fingerprint density at radius 1 is 1.05 bits per heavy atom. The number of methoxy groups -OCH3 is 2.